The van der Waals surface area contributed by atoms with Crippen molar-refractivity contribution in [3.63, 3.8) is 0 Å². The van der Waals surface area contributed by atoms with Crippen molar-refractivity contribution in [2.75, 3.05) is 6.54 Å². The number of hydrogen-bond donors (Lipinski definition) is 4. The number of aromatic hydroxyl groups is 2. The van der Waals surface area contributed by atoms with Crippen molar-refractivity contribution in [3.8, 4) is 11.5 Å². The van der Waals surface area contributed by atoms with Crippen LogP contribution in [0.15, 0.2) is 12.3 Å². The van der Waals surface area contributed by atoms with Gasteiger partial charge in [-0.1, -0.05) is 0 Å². The van der Waals surface area contributed by atoms with Gasteiger partial charge in [-0.2, -0.15) is 4.39 Å². The molecule has 80 valence electrons. The molecule has 1 heterocycles. The molecule has 0 amide bonds. The van der Waals surface area contributed by atoms with Gasteiger partial charge in [-0.15, -0.1) is 0 Å². The van der Waals surface area contributed by atoms with E-state index in [1.54, 1.807) is 6.20 Å². The number of fused-ring (bicyclic) bond motifs is 1. The molecule has 0 bridgehead atoms. The lowest BCUT2D eigenvalue weighted by molar-refractivity contribution is 0.393. The van der Waals surface area contributed by atoms with Gasteiger partial charge >= 0.3 is 0 Å². The van der Waals surface area contributed by atoms with E-state index in [4.69, 9.17) is 5.73 Å². The maximum Gasteiger partial charge on any atom is 0.208 e. The highest BCUT2D eigenvalue weighted by Crippen LogP contribution is 2.34. The van der Waals surface area contributed by atoms with Crippen LogP contribution in [0.1, 0.15) is 5.56 Å². The number of phenols is 2. The number of benzene rings is 1. The van der Waals surface area contributed by atoms with Gasteiger partial charge in [0.25, 0.3) is 0 Å². The minimum Gasteiger partial charge on any atom is -0.505 e. The minimum absolute atomic E-state index is 0.286. The number of phenolic OH excluding ortho intramolecular Hbond substituents is 2. The molecule has 4 nitrogen and oxygen atoms in total. The molecule has 0 spiro atoms. The number of aromatic nitrogens is 1. The summed E-state index contributed by atoms with van der Waals surface area (Å²) in [4.78, 5) is 2.75. The van der Waals surface area contributed by atoms with Gasteiger partial charge in [0.15, 0.2) is 11.5 Å². The second kappa shape index (κ2) is 3.43. The third-order valence-electron chi connectivity index (χ3n) is 2.37. The van der Waals surface area contributed by atoms with E-state index in [1.165, 1.54) is 6.07 Å². The summed E-state index contributed by atoms with van der Waals surface area (Å²) in [5, 5.41) is 19.2. The van der Waals surface area contributed by atoms with Gasteiger partial charge in [0, 0.05) is 11.6 Å². The number of aromatic amines is 1. The van der Waals surface area contributed by atoms with Crippen molar-refractivity contribution in [2.24, 2.45) is 5.73 Å². The highest BCUT2D eigenvalue weighted by Gasteiger charge is 2.15. The number of halogens is 1. The summed E-state index contributed by atoms with van der Waals surface area (Å²) < 4.78 is 13.1. The van der Waals surface area contributed by atoms with E-state index in [0.717, 1.165) is 5.56 Å². The Morgan fingerprint density at radius 1 is 1.40 bits per heavy atom. The lowest BCUT2D eigenvalue weighted by Crippen LogP contribution is -2.01. The highest BCUT2D eigenvalue weighted by molar-refractivity contribution is 5.89. The van der Waals surface area contributed by atoms with E-state index >= 15 is 0 Å². The zero-order valence-corrected chi connectivity index (χ0v) is 7.92. The molecule has 5 N–H and O–H groups in total. The Morgan fingerprint density at radius 3 is 2.80 bits per heavy atom. The van der Waals surface area contributed by atoms with E-state index in [1.807, 2.05) is 0 Å². The number of nitrogens with one attached hydrogen (secondary N) is 1. The fraction of sp³-hybridized carbons (Fsp3) is 0.200. The quantitative estimate of drug-likeness (QED) is 0.601. The Labute approximate surface area is 85.1 Å². The normalized spacial score (nSPS) is 11.1. The fourth-order valence-electron chi connectivity index (χ4n) is 1.63. The van der Waals surface area contributed by atoms with Crippen molar-refractivity contribution in [1.82, 2.24) is 4.98 Å². The van der Waals surface area contributed by atoms with Crippen molar-refractivity contribution >= 4 is 10.9 Å². The second-order valence-corrected chi connectivity index (χ2v) is 3.33. The summed E-state index contributed by atoms with van der Waals surface area (Å²) in [5.41, 5.74) is 6.54. The van der Waals surface area contributed by atoms with Gasteiger partial charge in [-0.25, -0.2) is 0 Å². The number of nitrogens with two attached hydrogens (primary N) is 1. The lowest BCUT2D eigenvalue weighted by Gasteiger charge is -2.01. The molecule has 0 saturated heterocycles. The van der Waals surface area contributed by atoms with Crippen LogP contribution in [0.4, 0.5) is 4.39 Å². The third-order valence-corrected chi connectivity index (χ3v) is 2.37. The highest BCUT2D eigenvalue weighted by atomic mass is 19.1. The first kappa shape index (κ1) is 9.79. The Morgan fingerprint density at radius 2 is 2.13 bits per heavy atom. The van der Waals surface area contributed by atoms with E-state index in [-0.39, 0.29) is 5.52 Å². The van der Waals surface area contributed by atoms with Crippen LogP contribution in [0.25, 0.3) is 10.9 Å². The molecule has 5 heteroatoms. The van der Waals surface area contributed by atoms with E-state index in [2.05, 4.69) is 4.98 Å². The lowest BCUT2D eigenvalue weighted by atomic mass is 10.1. The van der Waals surface area contributed by atoms with Crippen LogP contribution in [0, 0.1) is 5.82 Å². The predicted molar refractivity (Wildman–Crippen MR) is 54.3 cm³/mol. The SMILES string of the molecule is NCCc1c[nH]c2c(O)c(F)c(O)cc12. The topological polar surface area (TPSA) is 82.3 Å². The largest absolute Gasteiger partial charge is 0.505 e. The van der Waals surface area contributed by atoms with Crippen molar-refractivity contribution in [1.29, 1.82) is 0 Å². The summed E-state index contributed by atoms with van der Waals surface area (Å²) >= 11 is 0. The summed E-state index contributed by atoms with van der Waals surface area (Å²) in [6.45, 7) is 0.450. The van der Waals surface area contributed by atoms with E-state index < -0.39 is 17.3 Å². The smallest absolute Gasteiger partial charge is 0.208 e. The van der Waals surface area contributed by atoms with Gasteiger partial charge in [-0.05, 0) is 24.6 Å². The van der Waals surface area contributed by atoms with Gasteiger partial charge in [-0.3, -0.25) is 0 Å². The van der Waals surface area contributed by atoms with E-state index in [9.17, 15) is 14.6 Å². The van der Waals surface area contributed by atoms with Crippen LogP contribution in [0.2, 0.25) is 0 Å². The Balaban J connectivity index is 2.71. The first-order valence-electron chi connectivity index (χ1n) is 4.55. The molecule has 0 fully saturated rings. The average molecular weight is 210 g/mol. The zero-order chi connectivity index (χ0) is 11.0. The molecule has 1 aromatic carbocycles. The molecule has 0 aliphatic carbocycles. The van der Waals surface area contributed by atoms with Crippen LogP contribution >= 0.6 is 0 Å². The van der Waals surface area contributed by atoms with Crippen molar-refractivity contribution in [3.05, 3.63) is 23.6 Å². The molecule has 0 atom stereocenters. The number of rotatable bonds is 2. The Bertz CT molecular complexity index is 508. The van der Waals surface area contributed by atoms with Crippen molar-refractivity contribution < 1.29 is 14.6 Å². The molecule has 2 rings (SSSR count). The zero-order valence-electron chi connectivity index (χ0n) is 7.92. The Hall–Kier alpha value is -1.75. The molecule has 0 saturated carbocycles. The molecule has 0 aliphatic rings. The fourth-order valence-corrected chi connectivity index (χ4v) is 1.63. The predicted octanol–water partition coefficient (Wildman–Crippen LogP) is 1.22. The molecular weight excluding hydrogens is 199 g/mol. The van der Waals surface area contributed by atoms with Crippen molar-refractivity contribution in [2.45, 2.75) is 6.42 Å². The molecule has 2 aromatic rings. The standard InChI is InChI=1S/C10H11FN2O2/c11-8-7(14)3-6-5(1-2-12)4-13-9(6)10(8)15/h3-4,13-15H,1-2,12H2. The Kier molecular flexibility index (Phi) is 2.24. The first-order chi connectivity index (χ1) is 7.15. The van der Waals surface area contributed by atoms with Gasteiger partial charge < -0.3 is 20.9 Å². The van der Waals surface area contributed by atoms with Gasteiger partial charge in [0.1, 0.15) is 0 Å². The molecule has 0 radical (unpaired) electrons. The number of hydrogen-bond acceptors (Lipinski definition) is 3. The molecule has 0 aliphatic heterocycles. The summed E-state index contributed by atoms with van der Waals surface area (Å²) in [6.07, 6.45) is 2.25. The average Bonchev–Trinajstić information content (AvgIpc) is 2.59. The minimum atomic E-state index is -1.01. The number of H-pyrrole nitrogens is 1. The van der Waals surface area contributed by atoms with Crippen LogP contribution in [0.5, 0.6) is 11.5 Å². The molecule has 15 heavy (non-hydrogen) atoms. The summed E-state index contributed by atoms with van der Waals surface area (Å²) in [6, 6.07) is 1.28. The maximum absolute atomic E-state index is 13.1. The maximum atomic E-state index is 13.1. The summed E-state index contributed by atoms with van der Waals surface area (Å²) in [5.74, 6) is -2.13. The van der Waals surface area contributed by atoms with Gasteiger partial charge in [0.05, 0.1) is 5.52 Å². The van der Waals surface area contributed by atoms with Crippen LogP contribution < -0.4 is 5.73 Å². The monoisotopic (exact) mass is 210 g/mol. The van der Waals surface area contributed by atoms with E-state index in [0.29, 0.717) is 18.4 Å². The second-order valence-electron chi connectivity index (χ2n) is 3.33. The third kappa shape index (κ3) is 1.41. The van der Waals surface area contributed by atoms with Crippen LogP contribution in [-0.4, -0.2) is 21.7 Å². The van der Waals surface area contributed by atoms with Crippen LogP contribution in [0.3, 0.4) is 0 Å². The van der Waals surface area contributed by atoms with Gasteiger partial charge in [0.2, 0.25) is 5.82 Å². The first-order valence-corrected chi connectivity index (χ1v) is 4.55. The summed E-state index contributed by atoms with van der Waals surface area (Å²) in [7, 11) is 0. The molecule has 1 aromatic heterocycles. The molecular formula is C10H11FN2O2. The molecule has 0 unspecified atom stereocenters. The van der Waals surface area contributed by atoms with Crippen LogP contribution in [-0.2, 0) is 6.42 Å².